The van der Waals surface area contributed by atoms with Crippen molar-refractivity contribution in [1.82, 2.24) is 0 Å². The van der Waals surface area contributed by atoms with Crippen LogP contribution >= 0.6 is 0 Å². The highest BCUT2D eigenvalue weighted by Crippen LogP contribution is 2.26. The second-order valence-corrected chi connectivity index (χ2v) is 4.39. The number of anilines is 2. The second kappa shape index (κ2) is 6.02. The zero-order valence-electron chi connectivity index (χ0n) is 11.5. The Morgan fingerprint density at radius 1 is 0.750 bits per heavy atom. The van der Waals surface area contributed by atoms with Crippen LogP contribution in [0.15, 0.2) is 36.4 Å². The van der Waals surface area contributed by atoms with Crippen LogP contribution in [0.4, 0.5) is 11.4 Å². The Morgan fingerprint density at radius 3 is 1.50 bits per heavy atom. The predicted molar refractivity (Wildman–Crippen MR) is 84.2 cm³/mol. The van der Waals surface area contributed by atoms with E-state index in [2.05, 4.69) is 10.6 Å². The van der Waals surface area contributed by atoms with E-state index in [1.54, 1.807) is 26.2 Å². The van der Waals surface area contributed by atoms with E-state index in [4.69, 9.17) is 0 Å². The molecule has 0 spiro atoms. The monoisotopic (exact) mass is 270 g/mol. The lowest BCUT2D eigenvalue weighted by Crippen LogP contribution is -1.89. The van der Waals surface area contributed by atoms with Gasteiger partial charge in [-0.2, -0.15) is 0 Å². The molecule has 0 unspecified atom stereocenters. The lowest BCUT2D eigenvalue weighted by atomic mass is 10.1. The van der Waals surface area contributed by atoms with Gasteiger partial charge in [-0.05, 0) is 35.4 Å². The zero-order valence-corrected chi connectivity index (χ0v) is 11.5. The van der Waals surface area contributed by atoms with E-state index in [9.17, 15) is 10.2 Å². The molecule has 0 aliphatic heterocycles. The maximum atomic E-state index is 9.60. The molecule has 2 rings (SSSR count). The van der Waals surface area contributed by atoms with Gasteiger partial charge in [-0.1, -0.05) is 24.3 Å². The number of hydrogen-bond acceptors (Lipinski definition) is 4. The highest BCUT2D eigenvalue weighted by Gasteiger charge is 2.00. The molecular formula is C16H18N2O2. The van der Waals surface area contributed by atoms with Gasteiger partial charge in [-0.15, -0.1) is 0 Å². The standard InChI is InChI=1S/C16H18N2O2/c1-17-13-9-11(5-7-15(13)19)3-4-12-6-8-16(20)14(10-12)18-2/h3-10,17-20H,1-2H3/b4-3+. The first-order chi connectivity index (χ1) is 9.63. The minimum atomic E-state index is 0.228. The van der Waals surface area contributed by atoms with Crippen molar-refractivity contribution in [2.75, 3.05) is 24.7 Å². The van der Waals surface area contributed by atoms with Gasteiger partial charge in [0.2, 0.25) is 0 Å². The summed E-state index contributed by atoms with van der Waals surface area (Å²) in [5.41, 5.74) is 3.33. The molecule has 0 aliphatic rings. The first-order valence-electron chi connectivity index (χ1n) is 6.33. The van der Waals surface area contributed by atoms with Crippen LogP contribution in [0.5, 0.6) is 11.5 Å². The minimum Gasteiger partial charge on any atom is -0.506 e. The Kier molecular flexibility index (Phi) is 4.15. The fourth-order valence-corrected chi connectivity index (χ4v) is 1.91. The Balaban J connectivity index is 2.25. The van der Waals surface area contributed by atoms with Crippen LogP contribution in [0.3, 0.4) is 0 Å². The largest absolute Gasteiger partial charge is 0.506 e. The molecule has 2 aromatic rings. The van der Waals surface area contributed by atoms with Crippen LogP contribution < -0.4 is 10.6 Å². The quantitative estimate of drug-likeness (QED) is 0.508. The molecule has 0 heterocycles. The summed E-state index contributed by atoms with van der Waals surface area (Å²) in [5, 5.41) is 25.1. The van der Waals surface area contributed by atoms with E-state index in [-0.39, 0.29) is 11.5 Å². The molecule has 4 heteroatoms. The average molecular weight is 270 g/mol. The van der Waals surface area contributed by atoms with E-state index in [0.29, 0.717) is 11.4 Å². The first kappa shape index (κ1) is 13.8. The highest BCUT2D eigenvalue weighted by atomic mass is 16.3. The van der Waals surface area contributed by atoms with Gasteiger partial charge in [-0.25, -0.2) is 0 Å². The summed E-state index contributed by atoms with van der Waals surface area (Å²) in [6.07, 6.45) is 3.90. The van der Waals surface area contributed by atoms with Crippen molar-refractivity contribution in [3.05, 3.63) is 47.5 Å². The van der Waals surface area contributed by atoms with Crippen LogP contribution in [-0.4, -0.2) is 24.3 Å². The molecule has 0 amide bonds. The summed E-state index contributed by atoms with van der Waals surface area (Å²) in [4.78, 5) is 0. The lowest BCUT2D eigenvalue weighted by Gasteiger charge is -2.05. The number of aromatic hydroxyl groups is 2. The van der Waals surface area contributed by atoms with Gasteiger partial charge < -0.3 is 20.8 Å². The van der Waals surface area contributed by atoms with Crippen molar-refractivity contribution in [1.29, 1.82) is 0 Å². The third kappa shape index (κ3) is 3.03. The Bertz CT molecular complexity index is 581. The molecule has 2 aromatic carbocycles. The van der Waals surface area contributed by atoms with Gasteiger partial charge in [-0.3, -0.25) is 0 Å². The summed E-state index contributed by atoms with van der Waals surface area (Å²) >= 11 is 0. The van der Waals surface area contributed by atoms with Gasteiger partial charge in [0.15, 0.2) is 0 Å². The molecule has 0 saturated carbocycles. The molecule has 4 N–H and O–H groups in total. The van der Waals surface area contributed by atoms with E-state index >= 15 is 0 Å². The van der Waals surface area contributed by atoms with Crippen LogP contribution in [0.1, 0.15) is 11.1 Å². The molecule has 0 aliphatic carbocycles. The fraction of sp³-hybridized carbons (Fsp3) is 0.125. The van der Waals surface area contributed by atoms with E-state index in [0.717, 1.165) is 11.1 Å². The Hall–Kier alpha value is -2.62. The highest BCUT2D eigenvalue weighted by molar-refractivity contribution is 5.75. The van der Waals surface area contributed by atoms with Gasteiger partial charge in [0.1, 0.15) is 11.5 Å². The molecule has 0 aromatic heterocycles. The number of phenols is 2. The van der Waals surface area contributed by atoms with Crippen molar-refractivity contribution in [2.24, 2.45) is 0 Å². The molecule has 0 fully saturated rings. The average Bonchev–Trinajstić information content (AvgIpc) is 2.47. The normalized spacial score (nSPS) is 10.7. The van der Waals surface area contributed by atoms with Crippen molar-refractivity contribution < 1.29 is 10.2 Å². The fourth-order valence-electron chi connectivity index (χ4n) is 1.91. The summed E-state index contributed by atoms with van der Waals surface area (Å²) in [6.45, 7) is 0. The van der Waals surface area contributed by atoms with Gasteiger partial charge in [0.25, 0.3) is 0 Å². The van der Waals surface area contributed by atoms with Gasteiger partial charge in [0.05, 0.1) is 11.4 Å². The summed E-state index contributed by atoms with van der Waals surface area (Å²) in [6, 6.07) is 10.7. The van der Waals surface area contributed by atoms with E-state index in [1.165, 1.54) is 0 Å². The number of benzene rings is 2. The van der Waals surface area contributed by atoms with Crippen LogP contribution in [-0.2, 0) is 0 Å². The molecule has 0 radical (unpaired) electrons. The molecule has 0 bridgehead atoms. The second-order valence-electron chi connectivity index (χ2n) is 4.39. The van der Waals surface area contributed by atoms with Gasteiger partial charge in [0, 0.05) is 14.1 Å². The molecular weight excluding hydrogens is 252 g/mol. The number of hydrogen-bond donors (Lipinski definition) is 4. The van der Waals surface area contributed by atoms with Crippen LogP contribution in [0, 0.1) is 0 Å². The number of rotatable bonds is 4. The third-order valence-electron chi connectivity index (χ3n) is 3.05. The van der Waals surface area contributed by atoms with Crippen LogP contribution in [0.25, 0.3) is 12.2 Å². The smallest absolute Gasteiger partial charge is 0.138 e. The third-order valence-corrected chi connectivity index (χ3v) is 3.05. The minimum absolute atomic E-state index is 0.228. The van der Waals surface area contributed by atoms with Crippen molar-refractivity contribution in [3.63, 3.8) is 0 Å². The maximum Gasteiger partial charge on any atom is 0.138 e. The predicted octanol–water partition coefficient (Wildman–Crippen LogP) is 3.35. The summed E-state index contributed by atoms with van der Waals surface area (Å²) in [5.74, 6) is 0.457. The van der Waals surface area contributed by atoms with Crippen LogP contribution in [0.2, 0.25) is 0 Å². The summed E-state index contributed by atoms with van der Waals surface area (Å²) in [7, 11) is 3.53. The SMILES string of the molecule is CNc1cc(/C=C/c2ccc(O)c(NC)c2)ccc1O. The molecule has 4 nitrogen and oxygen atoms in total. The lowest BCUT2D eigenvalue weighted by molar-refractivity contribution is 0.477. The zero-order chi connectivity index (χ0) is 14.5. The number of phenolic OH excluding ortho intramolecular Hbond substituents is 2. The van der Waals surface area contributed by atoms with Crippen molar-refractivity contribution >= 4 is 23.5 Å². The Morgan fingerprint density at radius 2 is 1.15 bits per heavy atom. The van der Waals surface area contributed by atoms with Crippen molar-refractivity contribution in [3.8, 4) is 11.5 Å². The topological polar surface area (TPSA) is 64.5 Å². The molecule has 0 atom stereocenters. The maximum absolute atomic E-state index is 9.60. The Labute approximate surface area is 118 Å². The van der Waals surface area contributed by atoms with Gasteiger partial charge >= 0.3 is 0 Å². The summed E-state index contributed by atoms with van der Waals surface area (Å²) < 4.78 is 0. The first-order valence-corrected chi connectivity index (χ1v) is 6.33. The van der Waals surface area contributed by atoms with E-state index in [1.807, 2.05) is 36.4 Å². The van der Waals surface area contributed by atoms with Crippen molar-refractivity contribution in [2.45, 2.75) is 0 Å². The number of nitrogens with one attached hydrogen (secondary N) is 2. The molecule has 20 heavy (non-hydrogen) atoms. The molecule has 104 valence electrons. The molecule has 0 saturated heterocycles. The van der Waals surface area contributed by atoms with E-state index < -0.39 is 0 Å².